The number of nitrogens with one attached hydrogen (secondary N) is 1. The minimum Gasteiger partial charge on any atom is -0.333 e. The third-order valence-corrected chi connectivity index (χ3v) is 2.17. The number of aliphatic hydroxyl groups excluding tert-OH is 1. The van der Waals surface area contributed by atoms with Crippen LogP contribution < -0.4 is 0 Å². The largest absolute Gasteiger partial charge is 0.333 e. The highest BCUT2D eigenvalue weighted by Gasteiger charge is 2.15. The molecule has 1 atom stereocenters. The smallest absolute Gasteiger partial charge is 0.317 e. The van der Waals surface area contributed by atoms with E-state index in [1.807, 2.05) is 0 Å². The molecule has 0 amide bonds. The third-order valence-electron chi connectivity index (χ3n) is 2.17. The Bertz CT molecular complexity index is 494. The van der Waals surface area contributed by atoms with Crippen LogP contribution in [-0.2, 0) is 6.42 Å². The van der Waals surface area contributed by atoms with Gasteiger partial charge in [-0.3, -0.25) is 15.2 Å². The van der Waals surface area contributed by atoms with E-state index in [4.69, 9.17) is 5.11 Å². The number of hydrogen-bond acceptors (Lipinski definition) is 4. The van der Waals surface area contributed by atoms with Crippen LogP contribution in [0.2, 0.25) is 0 Å². The van der Waals surface area contributed by atoms with Gasteiger partial charge in [-0.25, -0.2) is 0 Å². The Labute approximate surface area is 84.7 Å². The van der Waals surface area contributed by atoms with Crippen LogP contribution in [0.25, 0.3) is 10.9 Å². The van der Waals surface area contributed by atoms with Crippen molar-refractivity contribution in [2.45, 2.75) is 12.6 Å². The highest BCUT2D eigenvalue weighted by atomic mass is 16.7. The fourth-order valence-corrected chi connectivity index (χ4v) is 1.40. The molecule has 1 unspecified atom stereocenters. The highest BCUT2D eigenvalue weighted by molar-refractivity contribution is 5.78. The molecule has 6 nitrogen and oxygen atoms in total. The Kier molecular flexibility index (Phi) is 2.34. The summed E-state index contributed by atoms with van der Waals surface area (Å²) in [5.41, 5.74) is 1.59. The number of aliphatic hydroxyl groups is 1. The van der Waals surface area contributed by atoms with Gasteiger partial charge in [0.2, 0.25) is 0 Å². The van der Waals surface area contributed by atoms with E-state index in [1.165, 1.54) is 0 Å². The number of nitrogens with zero attached hydrogens (tertiary/aromatic N) is 2. The number of nitro groups is 1. The average Bonchev–Trinajstić information content (AvgIpc) is 2.64. The molecule has 0 aliphatic heterocycles. The molecule has 0 aliphatic carbocycles. The summed E-state index contributed by atoms with van der Waals surface area (Å²) in [7, 11) is 0. The van der Waals surface area contributed by atoms with E-state index in [0.29, 0.717) is 5.56 Å². The van der Waals surface area contributed by atoms with E-state index in [-0.39, 0.29) is 6.42 Å². The Hall–Kier alpha value is -1.95. The second-order valence-corrected chi connectivity index (χ2v) is 3.26. The van der Waals surface area contributed by atoms with Gasteiger partial charge in [0.1, 0.15) is 0 Å². The zero-order valence-electron chi connectivity index (χ0n) is 7.75. The molecule has 1 aromatic carbocycles. The summed E-state index contributed by atoms with van der Waals surface area (Å²) in [5.74, 6) is 0. The van der Waals surface area contributed by atoms with Crippen molar-refractivity contribution < 1.29 is 10.0 Å². The highest BCUT2D eigenvalue weighted by Crippen LogP contribution is 2.14. The molecular formula is C9H9N3O3. The maximum Gasteiger partial charge on any atom is 0.317 e. The fourth-order valence-electron chi connectivity index (χ4n) is 1.40. The maximum atomic E-state index is 10.3. The van der Waals surface area contributed by atoms with E-state index in [0.717, 1.165) is 10.9 Å². The van der Waals surface area contributed by atoms with Crippen LogP contribution in [-0.4, -0.2) is 26.5 Å². The average molecular weight is 207 g/mol. The standard InChI is InChI=1S/C9H9N3O3/c13-9(12(14)15)4-6-1-2-8-7(3-6)5-10-11-8/h1-3,5,9,13H,4H2,(H,10,11). The minimum absolute atomic E-state index is 0.00806. The maximum absolute atomic E-state index is 10.3. The SMILES string of the molecule is O=[N+]([O-])C(O)Cc1ccc2[nH]ncc2c1. The Morgan fingerprint density at radius 1 is 1.60 bits per heavy atom. The van der Waals surface area contributed by atoms with Crippen molar-refractivity contribution in [1.82, 2.24) is 10.2 Å². The summed E-state index contributed by atoms with van der Waals surface area (Å²) in [6.45, 7) is 0. The summed E-state index contributed by atoms with van der Waals surface area (Å²) in [6, 6.07) is 5.28. The van der Waals surface area contributed by atoms with E-state index in [2.05, 4.69) is 10.2 Å². The van der Waals surface area contributed by atoms with Gasteiger partial charge in [-0.2, -0.15) is 5.10 Å². The molecular weight excluding hydrogens is 198 g/mol. The van der Waals surface area contributed by atoms with Crippen LogP contribution in [0.15, 0.2) is 24.4 Å². The topological polar surface area (TPSA) is 92.0 Å². The summed E-state index contributed by atoms with van der Waals surface area (Å²) >= 11 is 0. The predicted octanol–water partition coefficient (Wildman–Crippen LogP) is 0.700. The van der Waals surface area contributed by atoms with Crippen LogP contribution in [0.3, 0.4) is 0 Å². The van der Waals surface area contributed by atoms with E-state index in [9.17, 15) is 10.1 Å². The van der Waals surface area contributed by atoms with Gasteiger partial charge in [0, 0.05) is 5.39 Å². The quantitative estimate of drug-likeness (QED) is 0.440. The van der Waals surface area contributed by atoms with E-state index < -0.39 is 11.2 Å². The number of rotatable bonds is 3. The molecule has 2 aromatic rings. The van der Waals surface area contributed by atoms with E-state index in [1.54, 1.807) is 24.4 Å². The first-order valence-corrected chi connectivity index (χ1v) is 4.40. The first-order valence-electron chi connectivity index (χ1n) is 4.40. The lowest BCUT2D eigenvalue weighted by Crippen LogP contribution is -2.21. The lowest BCUT2D eigenvalue weighted by atomic mass is 10.1. The second kappa shape index (κ2) is 3.66. The van der Waals surface area contributed by atoms with Gasteiger partial charge < -0.3 is 5.11 Å². The monoisotopic (exact) mass is 207 g/mol. The summed E-state index contributed by atoms with van der Waals surface area (Å²) in [6.07, 6.45) is 0.0974. The molecule has 6 heteroatoms. The molecule has 0 saturated carbocycles. The molecule has 0 aliphatic rings. The van der Waals surface area contributed by atoms with Gasteiger partial charge in [0.25, 0.3) is 0 Å². The molecule has 2 rings (SSSR count). The number of benzene rings is 1. The van der Waals surface area contributed by atoms with Gasteiger partial charge in [-0.15, -0.1) is 0 Å². The van der Waals surface area contributed by atoms with Gasteiger partial charge in [-0.05, 0) is 17.7 Å². The van der Waals surface area contributed by atoms with Crippen LogP contribution in [0.4, 0.5) is 0 Å². The number of H-pyrrole nitrogens is 1. The zero-order chi connectivity index (χ0) is 10.8. The Morgan fingerprint density at radius 3 is 3.13 bits per heavy atom. The molecule has 0 radical (unpaired) electrons. The normalized spacial score (nSPS) is 12.9. The molecule has 1 aromatic heterocycles. The number of fused-ring (bicyclic) bond motifs is 1. The first kappa shape index (κ1) is 9.60. The zero-order valence-corrected chi connectivity index (χ0v) is 7.75. The van der Waals surface area contributed by atoms with Crippen LogP contribution in [0.5, 0.6) is 0 Å². The van der Waals surface area contributed by atoms with Crippen LogP contribution >= 0.6 is 0 Å². The Morgan fingerprint density at radius 2 is 2.40 bits per heavy atom. The van der Waals surface area contributed by atoms with E-state index >= 15 is 0 Å². The summed E-state index contributed by atoms with van der Waals surface area (Å²) < 4.78 is 0. The predicted molar refractivity (Wildman–Crippen MR) is 52.8 cm³/mol. The van der Waals surface area contributed by atoms with Crippen LogP contribution in [0, 0.1) is 10.1 Å². The van der Waals surface area contributed by atoms with Crippen molar-refractivity contribution >= 4 is 10.9 Å². The molecule has 78 valence electrons. The lowest BCUT2D eigenvalue weighted by molar-refractivity contribution is -0.569. The summed E-state index contributed by atoms with van der Waals surface area (Å²) in [4.78, 5) is 9.55. The molecule has 0 fully saturated rings. The number of aromatic amines is 1. The number of aromatic nitrogens is 2. The second-order valence-electron chi connectivity index (χ2n) is 3.26. The van der Waals surface area contributed by atoms with Crippen molar-refractivity contribution in [3.05, 3.63) is 40.1 Å². The molecule has 0 spiro atoms. The molecule has 0 saturated heterocycles. The van der Waals surface area contributed by atoms with Crippen LogP contribution in [0.1, 0.15) is 5.56 Å². The summed E-state index contributed by atoms with van der Waals surface area (Å²) in [5, 5.41) is 26.8. The Balaban J connectivity index is 2.24. The van der Waals surface area contributed by atoms with Crippen molar-refractivity contribution in [2.75, 3.05) is 0 Å². The molecule has 2 N–H and O–H groups in total. The molecule has 15 heavy (non-hydrogen) atoms. The van der Waals surface area contributed by atoms with Crippen molar-refractivity contribution in [3.63, 3.8) is 0 Å². The van der Waals surface area contributed by atoms with Crippen molar-refractivity contribution in [1.29, 1.82) is 0 Å². The third kappa shape index (κ3) is 1.94. The van der Waals surface area contributed by atoms with Gasteiger partial charge in [0.15, 0.2) is 0 Å². The van der Waals surface area contributed by atoms with Gasteiger partial charge in [0.05, 0.1) is 23.1 Å². The first-order chi connectivity index (χ1) is 7.16. The molecule has 0 bridgehead atoms. The van der Waals surface area contributed by atoms with Gasteiger partial charge in [-0.1, -0.05) is 6.07 Å². The molecule has 1 heterocycles. The van der Waals surface area contributed by atoms with Crippen molar-refractivity contribution in [2.24, 2.45) is 0 Å². The lowest BCUT2D eigenvalue weighted by Gasteiger charge is -2.02. The number of hydrogen-bond donors (Lipinski definition) is 2. The minimum atomic E-state index is -1.55. The fraction of sp³-hybridized carbons (Fsp3) is 0.222. The van der Waals surface area contributed by atoms with Gasteiger partial charge >= 0.3 is 6.23 Å². The van der Waals surface area contributed by atoms with Crippen molar-refractivity contribution in [3.8, 4) is 0 Å².